The summed E-state index contributed by atoms with van der Waals surface area (Å²) in [5.74, 6) is -1.14. The molecule has 0 spiro atoms. The van der Waals surface area contributed by atoms with E-state index in [0.29, 0.717) is 6.29 Å². The maximum Gasteiger partial charge on any atom is 0.452 e. The lowest BCUT2D eigenvalue weighted by Gasteiger charge is -2.03. The molecule has 0 fully saturated rings. The quantitative estimate of drug-likeness (QED) is 0.678. The van der Waals surface area contributed by atoms with Gasteiger partial charge in [0.2, 0.25) is 5.82 Å². The lowest BCUT2D eigenvalue weighted by atomic mass is 10.3. The van der Waals surface area contributed by atoms with Crippen LogP contribution in [0.3, 0.4) is 0 Å². The Balaban J connectivity index is 2.72. The van der Waals surface area contributed by atoms with E-state index in [2.05, 4.69) is 10.2 Å². The number of halogens is 3. The Labute approximate surface area is 81.3 Å². The molecule has 0 atom stereocenters. The molecular formula is C8H4F3N3O. The summed E-state index contributed by atoms with van der Waals surface area (Å²) in [5, 5.41) is 6.35. The van der Waals surface area contributed by atoms with E-state index in [1.807, 2.05) is 0 Å². The Hall–Kier alpha value is -1.92. The zero-order valence-corrected chi connectivity index (χ0v) is 7.19. The van der Waals surface area contributed by atoms with Gasteiger partial charge in [-0.1, -0.05) is 0 Å². The van der Waals surface area contributed by atoms with Gasteiger partial charge in [0.05, 0.1) is 0 Å². The molecule has 7 heteroatoms. The fourth-order valence-corrected chi connectivity index (χ4v) is 1.17. The van der Waals surface area contributed by atoms with E-state index in [1.54, 1.807) is 0 Å². The molecule has 2 rings (SSSR count). The lowest BCUT2D eigenvalue weighted by Crippen LogP contribution is -2.10. The van der Waals surface area contributed by atoms with Crippen molar-refractivity contribution in [3.63, 3.8) is 0 Å². The Morgan fingerprint density at radius 2 is 2.00 bits per heavy atom. The lowest BCUT2D eigenvalue weighted by molar-refractivity contribution is -0.145. The third kappa shape index (κ3) is 1.56. The number of hydrogen-bond acceptors (Lipinski definition) is 3. The fraction of sp³-hybridized carbons (Fsp3) is 0.125. The van der Waals surface area contributed by atoms with E-state index in [-0.39, 0.29) is 11.2 Å². The Morgan fingerprint density at radius 1 is 1.27 bits per heavy atom. The van der Waals surface area contributed by atoms with Gasteiger partial charge in [-0.2, -0.15) is 13.2 Å². The normalized spacial score (nSPS) is 11.9. The van der Waals surface area contributed by atoms with E-state index in [1.165, 1.54) is 12.1 Å². The smallest absolute Gasteiger partial charge is 0.298 e. The summed E-state index contributed by atoms with van der Waals surface area (Å²) < 4.78 is 37.9. The van der Waals surface area contributed by atoms with E-state index >= 15 is 0 Å². The highest BCUT2D eigenvalue weighted by Crippen LogP contribution is 2.27. The van der Waals surface area contributed by atoms with Crippen molar-refractivity contribution >= 4 is 11.9 Å². The van der Waals surface area contributed by atoms with Crippen LogP contribution in [0.4, 0.5) is 13.2 Å². The zero-order chi connectivity index (χ0) is 11.1. The van der Waals surface area contributed by atoms with Crippen LogP contribution in [0.1, 0.15) is 16.2 Å². The fourth-order valence-electron chi connectivity index (χ4n) is 1.17. The maximum atomic E-state index is 12.4. The van der Waals surface area contributed by atoms with E-state index in [0.717, 1.165) is 10.6 Å². The van der Waals surface area contributed by atoms with Crippen molar-refractivity contribution in [3.05, 3.63) is 29.7 Å². The predicted octanol–water partition coefficient (Wildman–Crippen LogP) is 1.56. The first-order chi connectivity index (χ1) is 7.02. The van der Waals surface area contributed by atoms with Gasteiger partial charge in [0.25, 0.3) is 0 Å². The first-order valence-electron chi connectivity index (χ1n) is 3.89. The van der Waals surface area contributed by atoms with Crippen LogP contribution in [0.15, 0.2) is 18.3 Å². The van der Waals surface area contributed by atoms with Crippen LogP contribution < -0.4 is 0 Å². The molecule has 4 nitrogen and oxygen atoms in total. The molecule has 0 aromatic carbocycles. The van der Waals surface area contributed by atoms with Crippen LogP contribution in [-0.4, -0.2) is 20.9 Å². The van der Waals surface area contributed by atoms with Gasteiger partial charge >= 0.3 is 6.18 Å². The number of carbonyl (C=O) groups excluding carboxylic acids is 1. The Kier molecular flexibility index (Phi) is 1.95. The van der Waals surface area contributed by atoms with Crippen LogP contribution in [-0.2, 0) is 6.18 Å². The van der Waals surface area contributed by atoms with Crippen LogP contribution >= 0.6 is 0 Å². The topological polar surface area (TPSA) is 47.3 Å². The minimum Gasteiger partial charge on any atom is -0.298 e. The van der Waals surface area contributed by atoms with E-state index in [9.17, 15) is 18.0 Å². The summed E-state index contributed by atoms with van der Waals surface area (Å²) in [4.78, 5) is 10.4. The van der Waals surface area contributed by atoms with Gasteiger partial charge in [0, 0.05) is 11.8 Å². The average Bonchev–Trinajstić information content (AvgIpc) is 2.59. The van der Waals surface area contributed by atoms with Crippen molar-refractivity contribution in [3.8, 4) is 0 Å². The molecule has 0 amide bonds. The second-order valence-corrected chi connectivity index (χ2v) is 2.83. The minimum atomic E-state index is -4.58. The molecule has 0 aliphatic carbocycles. The molecule has 0 unspecified atom stereocenters. The monoisotopic (exact) mass is 215 g/mol. The molecule has 0 saturated heterocycles. The zero-order valence-electron chi connectivity index (χ0n) is 7.19. The number of fused-ring (bicyclic) bond motifs is 1. The van der Waals surface area contributed by atoms with Gasteiger partial charge in [-0.05, 0) is 12.1 Å². The molecule has 0 bridgehead atoms. The first-order valence-corrected chi connectivity index (χ1v) is 3.89. The van der Waals surface area contributed by atoms with Crippen LogP contribution in [0.25, 0.3) is 5.65 Å². The van der Waals surface area contributed by atoms with Crippen molar-refractivity contribution in [2.24, 2.45) is 0 Å². The molecule has 0 aliphatic rings. The van der Waals surface area contributed by atoms with E-state index in [4.69, 9.17) is 0 Å². The standard InChI is InChI=1S/C8H4F3N3O/c9-8(10,11)7-13-12-6-2-1-5(4-15)3-14(6)7/h1-4H. The molecule has 2 aromatic rings. The summed E-state index contributed by atoms with van der Waals surface area (Å²) in [6.45, 7) is 0. The molecular weight excluding hydrogens is 211 g/mol. The molecule has 0 N–H and O–H groups in total. The predicted molar refractivity (Wildman–Crippen MR) is 43.4 cm³/mol. The molecule has 0 radical (unpaired) electrons. The SMILES string of the molecule is O=Cc1ccc2nnc(C(F)(F)F)n2c1. The summed E-state index contributed by atoms with van der Waals surface area (Å²) in [7, 11) is 0. The average molecular weight is 215 g/mol. The molecule has 15 heavy (non-hydrogen) atoms. The summed E-state index contributed by atoms with van der Waals surface area (Å²) in [6.07, 6.45) is -3.08. The summed E-state index contributed by atoms with van der Waals surface area (Å²) in [5.41, 5.74) is 0.181. The van der Waals surface area contributed by atoms with Gasteiger partial charge in [-0.25, -0.2) is 0 Å². The third-order valence-corrected chi connectivity index (χ3v) is 1.81. The number of aldehydes is 1. The van der Waals surface area contributed by atoms with Gasteiger partial charge in [-0.3, -0.25) is 9.20 Å². The number of pyridine rings is 1. The molecule has 0 aliphatic heterocycles. The molecule has 0 saturated carbocycles. The van der Waals surface area contributed by atoms with Crippen LogP contribution in [0.5, 0.6) is 0 Å². The number of nitrogens with zero attached hydrogens (tertiary/aromatic N) is 3. The highest BCUT2D eigenvalue weighted by molar-refractivity contribution is 5.74. The van der Waals surface area contributed by atoms with Crippen molar-refractivity contribution in [1.29, 1.82) is 0 Å². The van der Waals surface area contributed by atoms with Crippen LogP contribution in [0, 0.1) is 0 Å². The second kappa shape index (κ2) is 3.04. The minimum absolute atomic E-state index is 0.0490. The van der Waals surface area contributed by atoms with Crippen molar-refractivity contribution in [2.45, 2.75) is 6.18 Å². The summed E-state index contributed by atoms with van der Waals surface area (Å²) in [6, 6.07) is 2.67. The number of rotatable bonds is 1. The summed E-state index contributed by atoms with van der Waals surface area (Å²) >= 11 is 0. The maximum absolute atomic E-state index is 12.4. The molecule has 2 heterocycles. The van der Waals surface area contributed by atoms with Crippen LogP contribution in [0.2, 0.25) is 0 Å². The van der Waals surface area contributed by atoms with Gasteiger partial charge in [-0.15, -0.1) is 10.2 Å². The van der Waals surface area contributed by atoms with Crippen molar-refractivity contribution in [1.82, 2.24) is 14.6 Å². The van der Waals surface area contributed by atoms with Gasteiger partial charge in [0.15, 0.2) is 11.9 Å². The van der Waals surface area contributed by atoms with E-state index < -0.39 is 12.0 Å². The number of carbonyl (C=O) groups is 1. The van der Waals surface area contributed by atoms with Crippen molar-refractivity contribution in [2.75, 3.05) is 0 Å². The van der Waals surface area contributed by atoms with Crippen molar-refractivity contribution < 1.29 is 18.0 Å². The molecule has 2 aromatic heterocycles. The largest absolute Gasteiger partial charge is 0.452 e. The second-order valence-electron chi connectivity index (χ2n) is 2.83. The highest BCUT2D eigenvalue weighted by atomic mass is 19.4. The highest BCUT2D eigenvalue weighted by Gasteiger charge is 2.36. The van der Waals surface area contributed by atoms with Gasteiger partial charge in [0.1, 0.15) is 0 Å². The molecule has 78 valence electrons. The Morgan fingerprint density at radius 3 is 2.60 bits per heavy atom. The number of aromatic nitrogens is 3. The first kappa shape index (κ1) is 9.63. The number of hydrogen-bond donors (Lipinski definition) is 0. The number of alkyl halides is 3. The third-order valence-electron chi connectivity index (χ3n) is 1.81. The Bertz CT molecular complexity index is 517. The van der Waals surface area contributed by atoms with Gasteiger partial charge < -0.3 is 0 Å².